The standard InChI is InChI=1S/C20H18N2O4S/c1-13-21-18(12-27-13)15-4-3-5-16(10-15)22-19(23)11-26-17-8-6-14(7-9-17)20(24)25-2/h3-10,12H,11H2,1-2H3,(H,22,23). The van der Waals surface area contributed by atoms with Crippen LogP contribution in [-0.4, -0.2) is 30.6 Å². The molecule has 1 aromatic heterocycles. The number of nitrogens with one attached hydrogen (secondary N) is 1. The van der Waals surface area contributed by atoms with E-state index in [1.165, 1.54) is 7.11 Å². The third kappa shape index (κ3) is 4.92. The third-order valence-electron chi connectivity index (χ3n) is 3.71. The van der Waals surface area contributed by atoms with E-state index in [9.17, 15) is 9.59 Å². The molecule has 0 bridgehead atoms. The molecule has 138 valence electrons. The smallest absolute Gasteiger partial charge is 0.337 e. The molecule has 0 unspecified atom stereocenters. The molecular weight excluding hydrogens is 364 g/mol. The Kier molecular flexibility index (Phi) is 5.83. The predicted octanol–water partition coefficient (Wildman–Crippen LogP) is 3.92. The highest BCUT2D eigenvalue weighted by molar-refractivity contribution is 7.09. The first-order chi connectivity index (χ1) is 13.0. The minimum atomic E-state index is -0.422. The van der Waals surface area contributed by atoms with Crippen molar-refractivity contribution < 1.29 is 19.1 Å². The SMILES string of the molecule is COC(=O)c1ccc(OCC(=O)Nc2cccc(-c3csc(C)n3)c2)cc1. The Bertz CT molecular complexity index is 951. The number of thiazole rings is 1. The number of esters is 1. The molecule has 0 spiro atoms. The maximum absolute atomic E-state index is 12.1. The predicted molar refractivity (Wildman–Crippen MR) is 104 cm³/mol. The lowest BCUT2D eigenvalue weighted by Gasteiger charge is -2.09. The van der Waals surface area contributed by atoms with Gasteiger partial charge in [0.05, 0.1) is 23.4 Å². The van der Waals surface area contributed by atoms with E-state index in [0.29, 0.717) is 17.0 Å². The molecule has 3 rings (SSSR count). The first-order valence-corrected chi connectivity index (χ1v) is 9.07. The number of hydrogen-bond donors (Lipinski definition) is 1. The van der Waals surface area contributed by atoms with Crippen LogP contribution < -0.4 is 10.1 Å². The zero-order chi connectivity index (χ0) is 19.2. The van der Waals surface area contributed by atoms with Crippen LogP contribution in [0.2, 0.25) is 0 Å². The molecule has 0 aliphatic rings. The second kappa shape index (κ2) is 8.46. The van der Waals surface area contributed by atoms with E-state index in [-0.39, 0.29) is 12.5 Å². The summed E-state index contributed by atoms with van der Waals surface area (Å²) in [5.74, 6) is -0.211. The van der Waals surface area contributed by atoms with Crippen LogP contribution in [0.5, 0.6) is 5.75 Å². The van der Waals surface area contributed by atoms with Crippen LogP contribution in [0.15, 0.2) is 53.9 Å². The van der Waals surface area contributed by atoms with E-state index in [0.717, 1.165) is 16.3 Å². The fraction of sp³-hybridized carbons (Fsp3) is 0.150. The molecule has 0 saturated carbocycles. The van der Waals surface area contributed by atoms with Crippen LogP contribution in [0.1, 0.15) is 15.4 Å². The van der Waals surface area contributed by atoms with Gasteiger partial charge in [-0.15, -0.1) is 11.3 Å². The molecule has 3 aromatic rings. The first-order valence-electron chi connectivity index (χ1n) is 8.19. The van der Waals surface area contributed by atoms with E-state index >= 15 is 0 Å². The van der Waals surface area contributed by atoms with Gasteiger partial charge < -0.3 is 14.8 Å². The Balaban J connectivity index is 1.57. The van der Waals surface area contributed by atoms with Gasteiger partial charge in [0, 0.05) is 16.6 Å². The maximum atomic E-state index is 12.1. The van der Waals surface area contributed by atoms with Crippen LogP contribution in [0.3, 0.4) is 0 Å². The van der Waals surface area contributed by atoms with Crippen LogP contribution in [0.4, 0.5) is 5.69 Å². The van der Waals surface area contributed by atoms with Gasteiger partial charge in [0.1, 0.15) is 5.75 Å². The summed E-state index contributed by atoms with van der Waals surface area (Å²) < 4.78 is 10.1. The third-order valence-corrected chi connectivity index (χ3v) is 4.48. The second-order valence-corrected chi connectivity index (χ2v) is 6.75. The van der Waals surface area contributed by atoms with E-state index < -0.39 is 5.97 Å². The number of carbonyl (C=O) groups is 2. The van der Waals surface area contributed by atoms with Crippen molar-refractivity contribution >= 4 is 28.9 Å². The van der Waals surface area contributed by atoms with E-state index in [1.807, 2.05) is 36.6 Å². The summed E-state index contributed by atoms with van der Waals surface area (Å²) in [6.45, 7) is 1.81. The monoisotopic (exact) mass is 382 g/mol. The van der Waals surface area contributed by atoms with Crippen LogP contribution >= 0.6 is 11.3 Å². The number of ether oxygens (including phenoxy) is 2. The normalized spacial score (nSPS) is 10.3. The van der Waals surface area contributed by atoms with Crippen molar-refractivity contribution in [3.8, 4) is 17.0 Å². The van der Waals surface area contributed by atoms with Crippen molar-refractivity contribution in [1.29, 1.82) is 0 Å². The number of amides is 1. The topological polar surface area (TPSA) is 77.5 Å². The number of aromatic nitrogens is 1. The molecule has 0 fully saturated rings. The van der Waals surface area contributed by atoms with Crippen molar-refractivity contribution in [2.24, 2.45) is 0 Å². The number of aryl methyl sites for hydroxylation is 1. The van der Waals surface area contributed by atoms with Crippen LogP contribution in [0, 0.1) is 6.92 Å². The Morgan fingerprint density at radius 1 is 1.15 bits per heavy atom. The lowest BCUT2D eigenvalue weighted by atomic mass is 10.1. The molecule has 0 aliphatic carbocycles. The lowest BCUT2D eigenvalue weighted by Crippen LogP contribution is -2.20. The summed E-state index contributed by atoms with van der Waals surface area (Å²) in [5.41, 5.74) is 2.92. The first kappa shape index (κ1) is 18.6. The highest BCUT2D eigenvalue weighted by Gasteiger charge is 2.08. The molecule has 2 aromatic carbocycles. The van der Waals surface area contributed by atoms with Gasteiger partial charge in [0.2, 0.25) is 0 Å². The van der Waals surface area contributed by atoms with Crippen molar-refractivity contribution in [2.75, 3.05) is 19.0 Å². The molecule has 0 aliphatic heterocycles. The quantitative estimate of drug-likeness (QED) is 0.654. The number of methoxy groups -OCH3 is 1. The zero-order valence-electron chi connectivity index (χ0n) is 14.9. The Morgan fingerprint density at radius 3 is 2.59 bits per heavy atom. The molecule has 6 nitrogen and oxygen atoms in total. The minimum absolute atomic E-state index is 0.141. The van der Waals surface area contributed by atoms with Crippen molar-refractivity contribution in [3.63, 3.8) is 0 Å². The molecule has 0 radical (unpaired) electrons. The summed E-state index contributed by atoms with van der Waals surface area (Å²) in [4.78, 5) is 28.0. The largest absolute Gasteiger partial charge is 0.484 e. The maximum Gasteiger partial charge on any atom is 0.337 e. The van der Waals surface area contributed by atoms with Gasteiger partial charge in [0.25, 0.3) is 5.91 Å². The average molecular weight is 382 g/mol. The number of nitrogens with zero attached hydrogens (tertiary/aromatic N) is 1. The lowest BCUT2D eigenvalue weighted by molar-refractivity contribution is -0.118. The van der Waals surface area contributed by atoms with Crippen molar-refractivity contribution in [2.45, 2.75) is 6.92 Å². The number of hydrogen-bond acceptors (Lipinski definition) is 6. The number of anilines is 1. The fourth-order valence-corrected chi connectivity index (χ4v) is 3.03. The van der Waals surface area contributed by atoms with Gasteiger partial charge in [-0.3, -0.25) is 4.79 Å². The van der Waals surface area contributed by atoms with Gasteiger partial charge in [-0.25, -0.2) is 9.78 Å². The van der Waals surface area contributed by atoms with Gasteiger partial charge in [-0.2, -0.15) is 0 Å². The van der Waals surface area contributed by atoms with Gasteiger partial charge >= 0.3 is 5.97 Å². The number of carbonyl (C=O) groups excluding carboxylic acids is 2. The summed E-state index contributed by atoms with van der Waals surface area (Å²) in [5, 5.41) is 5.78. The van der Waals surface area contributed by atoms with E-state index in [1.54, 1.807) is 35.6 Å². The van der Waals surface area contributed by atoms with Gasteiger partial charge in [-0.05, 0) is 43.3 Å². The molecule has 1 N–H and O–H groups in total. The summed E-state index contributed by atoms with van der Waals surface area (Å²) in [6, 6.07) is 13.9. The summed E-state index contributed by atoms with van der Waals surface area (Å²) in [7, 11) is 1.32. The number of benzene rings is 2. The summed E-state index contributed by atoms with van der Waals surface area (Å²) in [6.07, 6.45) is 0. The summed E-state index contributed by atoms with van der Waals surface area (Å²) >= 11 is 1.58. The van der Waals surface area contributed by atoms with Gasteiger partial charge in [-0.1, -0.05) is 12.1 Å². The van der Waals surface area contributed by atoms with E-state index in [4.69, 9.17) is 4.74 Å². The van der Waals surface area contributed by atoms with Gasteiger partial charge in [0.15, 0.2) is 6.61 Å². The minimum Gasteiger partial charge on any atom is -0.484 e. The highest BCUT2D eigenvalue weighted by atomic mass is 32.1. The zero-order valence-corrected chi connectivity index (χ0v) is 15.7. The molecule has 0 saturated heterocycles. The van der Waals surface area contributed by atoms with Crippen LogP contribution in [0.25, 0.3) is 11.3 Å². The Hall–Kier alpha value is -3.19. The van der Waals surface area contributed by atoms with Crippen LogP contribution in [-0.2, 0) is 9.53 Å². The Labute approximate surface area is 160 Å². The molecule has 7 heteroatoms. The molecule has 27 heavy (non-hydrogen) atoms. The average Bonchev–Trinajstić information content (AvgIpc) is 3.13. The van der Waals surface area contributed by atoms with Crippen molar-refractivity contribution in [3.05, 3.63) is 64.5 Å². The second-order valence-electron chi connectivity index (χ2n) is 5.69. The highest BCUT2D eigenvalue weighted by Crippen LogP contribution is 2.24. The molecule has 1 amide bonds. The Morgan fingerprint density at radius 2 is 1.93 bits per heavy atom. The molecular formula is C20H18N2O4S. The van der Waals surface area contributed by atoms with Crippen molar-refractivity contribution in [1.82, 2.24) is 4.98 Å². The molecule has 0 atom stereocenters. The fourth-order valence-electron chi connectivity index (χ4n) is 2.40. The van der Waals surface area contributed by atoms with E-state index in [2.05, 4.69) is 15.0 Å². The number of rotatable bonds is 6. The molecule has 1 heterocycles.